The fourth-order valence-corrected chi connectivity index (χ4v) is 2.89. The number of hydrogen-bond acceptors (Lipinski definition) is 2. The molecular weight excluding hydrogens is 224 g/mol. The number of ketones is 1. The zero-order valence-electron chi connectivity index (χ0n) is 10.5. The van der Waals surface area contributed by atoms with Gasteiger partial charge in [-0.2, -0.15) is 0 Å². The topological polar surface area (TPSA) is 26.3 Å². The lowest BCUT2D eigenvalue weighted by Gasteiger charge is -2.41. The Morgan fingerprint density at radius 3 is 2.44 bits per heavy atom. The lowest BCUT2D eigenvalue weighted by molar-refractivity contribution is -0.127. The van der Waals surface area contributed by atoms with Gasteiger partial charge in [-0.25, -0.2) is 0 Å². The van der Waals surface area contributed by atoms with Gasteiger partial charge < -0.3 is 4.74 Å². The van der Waals surface area contributed by atoms with Gasteiger partial charge >= 0.3 is 0 Å². The SMILES string of the molecule is O=C(C1=CCCCO1)C1(c2ccccc2)CCC1. The molecule has 0 atom stereocenters. The first kappa shape index (κ1) is 11.5. The zero-order chi connectivity index (χ0) is 12.4. The van der Waals surface area contributed by atoms with E-state index >= 15 is 0 Å². The molecule has 1 heterocycles. The van der Waals surface area contributed by atoms with Crippen molar-refractivity contribution in [2.24, 2.45) is 0 Å². The molecular formula is C16H18O2. The van der Waals surface area contributed by atoms with Crippen molar-refractivity contribution in [2.75, 3.05) is 6.61 Å². The van der Waals surface area contributed by atoms with Crippen LogP contribution in [0.2, 0.25) is 0 Å². The van der Waals surface area contributed by atoms with Crippen molar-refractivity contribution in [3.8, 4) is 0 Å². The van der Waals surface area contributed by atoms with E-state index in [0.29, 0.717) is 12.4 Å². The quantitative estimate of drug-likeness (QED) is 0.812. The Hall–Kier alpha value is -1.57. The van der Waals surface area contributed by atoms with Crippen LogP contribution in [-0.2, 0) is 14.9 Å². The van der Waals surface area contributed by atoms with Gasteiger partial charge in [0.15, 0.2) is 5.76 Å². The lowest BCUT2D eigenvalue weighted by atomic mass is 9.61. The molecule has 0 N–H and O–H groups in total. The number of carbonyl (C=O) groups excluding carboxylic acids is 1. The predicted molar refractivity (Wildman–Crippen MR) is 70.2 cm³/mol. The van der Waals surface area contributed by atoms with Gasteiger partial charge in [0.25, 0.3) is 0 Å². The minimum Gasteiger partial charge on any atom is -0.490 e. The third kappa shape index (κ3) is 1.76. The first-order chi connectivity index (χ1) is 8.83. The summed E-state index contributed by atoms with van der Waals surface area (Å²) in [4.78, 5) is 12.7. The number of ether oxygens (including phenoxy) is 1. The smallest absolute Gasteiger partial charge is 0.207 e. The predicted octanol–water partition coefficient (Wildman–Crippen LogP) is 3.37. The minimum absolute atomic E-state index is 0.194. The highest BCUT2D eigenvalue weighted by Crippen LogP contribution is 2.46. The summed E-state index contributed by atoms with van der Waals surface area (Å²) in [6, 6.07) is 10.2. The normalized spacial score (nSPS) is 21.4. The fraction of sp³-hybridized carbons (Fsp3) is 0.438. The van der Waals surface area contributed by atoms with Crippen LogP contribution in [0.25, 0.3) is 0 Å². The standard InChI is InChI=1S/C16H18O2/c17-15(14-9-4-5-12-18-14)16(10-6-11-16)13-7-2-1-3-8-13/h1-3,7-9H,4-6,10-12H2. The summed E-state index contributed by atoms with van der Waals surface area (Å²) in [7, 11) is 0. The molecule has 2 aliphatic rings. The molecule has 2 nitrogen and oxygen atoms in total. The van der Waals surface area contributed by atoms with Crippen molar-refractivity contribution in [1.82, 2.24) is 0 Å². The molecule has 0 aromatic heterocycles. The molecule has 0 radical (unpaired) electrons. The van der Waals surface area contributed by atoms with Crippen LogP contribution < -0.4 is 0 Å². The Labute approximate surface area is 108 Å². The molecule has 2 heteroatoms. The molecule has 0 spiro atoms. The monoisotopic (exact) mass is 242 g/mol. The Bertz CT molecular complexity index is 469. The Kier molecular flexibility index (Phi) is 2.94. The average Bonchev–Trinajstić information content (AvgIpc) is 2.40. The van der Waals surface area contributed by atoms with Crippen molar-refractivity contribution in [2.45, 2.75) is 37.5 Å². The van der Waals surface area contributed by atoms with Gasteiger partial charge in [-0.15, -0.1) is 0 Å². The third-order valence-corrected chi connectivity index (χ3v) is 4.13. The van der Waals surface area contributed by atoms with Crippen LogP contribution in [0.1, 0.15) is 37.7 Å². The van der Waals surface area contributed by atoms with E-state index in [-0.39, 0.29) is 11.2 Å². The summed E-state index contributed by atoms with van der Waals surface area (Å²) < 4.78 is 5.55. The van der Waals surface area contributed by atoms with Crippen molar-refractivity contribution >= 4 is 5.78 Å². The molecule has 0 saturated heterocycles. The highest BCUT2D eigenvalue weighted by molar-refractivity contribution is 6.02. The maximum Gasteiger partial charge on any atom is 0.207 e. The van der Waals surface area contributed by atoms with Crippen LogP contribution in [0.15, 0.2) is 42.2 Å². The second-order valence-electron chi connectivity index (χ2n) is 5.19. The van der Waals surface area contributed by atoms with E-state index in [4.69, 9.17) is 4.74 Å². The average molecular weight is 242 g/mol. The molecule has 18 heavy (non-hydrogen) atoms. The number of carbonyl (C=O) groups is 1. The third-order valence-electron chi connectivity index (χ3n) is 4.13. The highest BCUT2D eigenvalue weighted by atomic mass is 16.5. The minimum atomic E-state index is -0.301. The van der Waals surface area contributed by atoms with Crippen LogP contribution in [0.4, 0.5) is 0 Å². The van der Waals surface area contributed by atoms with E-state index in [1.807, 2.05) is 24.3 Å². The summed E-state index contributed by atoms with van der Waals surface area (Å²) >= 11 is 0. The molecule has 1 saturated carbocycles. The van der Waals surface area contributed by atoms with Gasteiger partial charge in [0.1, 0.15) is 0 Å². The molecule has 94 valence electrons. The zero-order valence-corrected chi connectivity index (χ0v) is 10.5. The number of hydrogen-bond donors (Lipinski definition) is 0. The molecule has 1 aromatic rings. The fourth-order valence-electron chi connectivity index (χ4n) is 2.89. The van der Waals surface area contributed by atoms with E-state index in [2.05, 4.69) is 12.1 Å². The lowest BCUT2D eigenvalue weighted by Crippen LogP contribution is -2.44. The van der Waals surface area contributed by atoms with Gasteiger partial charge in [-0.1, -0.05) is 36.8 Å². The Balaban J connectivity index is 1.92. The first-order valence-electron chi connectivity index (χ1n) is 6.76. The summed E-state index contributed by atoms with van der Waals surface area (Å²) in [6.07, 6.45) is 7.00. The molecule has 0 unspecified atom stereocenters. The van der Waals surface area contributed by atoms with Crippen LogP contribution in [-0.4, -0.2) is 12.4 Å². The molecule has 1 aliphatic carbocycles. The molecule has 1 aromatic carbocycles. The summed E-state index contributed by atoms with van der Waals surface area (Å²) in [5.41, 5.74) is 0.848. The van der Waals surface area contributed by atoms with E-state index in [1.54, 1.807) is 0 Å². The van der Waals surface area contributed by atoms with Crippen LogP contribution in [0.3, 0.4) is 0 Å². The van der Waals surface area contributed by atoms with Crippen molar-refractivity contribution in [3.63, 3.8) is 0 Å². The molecule has 0 bridgehead atoms. The van der Waals surface area contributed by atoms with Crippen molar-refractivity contribution < 1.29 is 9.53 Å². The molecule has 1 fully saturated rings. The molecule has 0 amide bonds. The molecule has 3 rings (SSSR count). The number of rotatable bonds is 3. The maximum atomic E-state index is 12.7. The Morgan fingerprint density at radius 1 is 1.11 bits per heavy atom. The van der Waals surface area contributed by atoms with Gasteiger partial charge in [-0.3, -0.25) is 4.79 Å². The number of benzene rings is 1. The van der Waals surface area contributed by atoms with Crippen LogP contribution in [0, 0.1) is 0 Å². The first-order valence-corrected chi connectivity index (χ1v) is 6.76. The van der Waals surface area contributed by atoms with Gasteiger partial charge in [0.2, 0.25) is 5.78 Å². The summed E-state index contributed by atoms with van der Waals surface area (Å²) in [5, 5.41) is 0. The Morgan fingerprint density at radius 2 is 1.89 bits per heavy atom. The van der Waals surface area contributed by atoms with Gasteiger partial charge in [0.05, 0.1) is 12.0 Å². The highest BCUT2D eigenvalue weighted by Gasteiger charge is 2.47. The second-order valence-corrected chi connectivity index (χ2v) is 5.19. The van der Waals surface area contributed by atoms with E-state index in [0.717, 1.165) is 37.7 Å². The van der Waals surface area contributed by atoms with Gasteiger partial charge in [0, 0.05) is 0 Å². The van der Waals surface area contributed by atoms with Crippen LogP contribution >= 0.6 is 0 Å². The summed E-state index contributed by atoms with van der Waals surface area (Å²) in [5.74, 6) is 0.796. The summed E-state index contributed by atoms with van der Waals surface area (Å²) in [6.45, 7) is 0.683. The number of Topliss-reactive ketones (excluding diaryl/α,β-unsaturated/α-hetero) is 1. The van der Waals surface area contributed by atoms with Crippen molar-refractivity contribution in [1.29, 1.82) is 0 Å². The molecule has 1 aliphatic heterocycles. The van der Waals surface area contributed by atoms with Crippen molar-refractivity contribution in [3.05, 3.63) is 47.7 Å². The largest absolute Gasteiger partial charge is 0.490 e. The van der Waals surface area contributed by atoms with Gasteiger partial charge in [-0.05, 0) is 37.3 Å². The van der Waals surface area contributed by atoms with Crippen LogP contribution in [0.5, 0.6) is 0 Å². The van der Waals surface area contributed by atoms with E-state index < -0.39 is 0 Å². The second kappa shape index (κ2) is 4.60. The van der Waals surface area contributed by atoms with E-state index in [9.17, 15) is 4.79 Å². The van der Waals surface area contributed by atoms with E-state index in [1.165, 1.54) is 0 Å². The number of allylic oxidation sites excluding steroid dienone is 2. The maximum absolute atomic E-state index is 12.7.